The molecule has 0 saturated carbocycles. The van der Waals surface area contributed by atoms with E-state index in [0.29, 0.717) is 18.2 Å². The Hall–Kier alpha value is -1.87. The maximum absolute atomic E-state index is 11.7. The summed E-state index contributed by atoms with van der Waals surface area (Å²) in [7, 11) is 0. The molecule has 2 aromatic heterocycles. The number of thiophene rings is 1. The molecule has 7 nitrogen and oxygen atoms in total. The molecule has 3 amide bonds. The smallest absolute Gasteiger partial charge is 0.321 e. The van der Waals surface area contributed by atoms with Gasteiger partial charge in [-0.25, -0.2) is 4.79 Å². The molecule has 0 spiro atoms. The zero-order chi connectivity index (χ0) is 15.9. The average molecular weight is 339 g/mol. The fourth-order valence-electron chi connectivity index (χ4n) is 1.77. The summed E-state index contributed by atoms with van der Waals surface area (Å²) in [4.78, 5) is 24.0. The molecule has 0 fully saturated rings. The lowest BCUT2D eigenvalue weighted by Gasteiger charge is -2.06. The molecule has 0 aliphatic carbocycles. The van der Waals surface area contributed by atoms with Gasteiger partial charge >= 0.3 is 6.03 Å². The number of imide groups is 1. The van der Waals surface area contributed by atoms with Crippen LogP contribution < -0.4 is 10.6 Å². The van der Waals surface area contributed by atoms with E-state index in [0.717, 1.165) is 10.7 Å². The van der Waals surface area contributed by atoms with Crippen LogP contribution >= 0.6 is 23.1 Å². The lowest BCUT2D eigenvalue weighted by atomic mass is 10.4. The zero-order valence-electron chi connectivity index (χ0n) is 12.3. The van der Waals surface area contributed by atoms with Crippen molar-refractivity contribution >= 4 is 35.0 Å². The number of carbonyl (C=O) groups is 2. The molecule has 0 saturated heterocycles. The third kappa shape index (κ3) is 4.08. The van der Waals surface area contributed by atoms with Gasteiger partial charge in [-0.1, -0.05) is 17.8 Å². The molecule has 118 valence electrons. The van der Waals surface area contributed by atoms with Crippen LogP contribution in [0.4, 0.5) is 4.79 Å². The Balaban J connectivity index is 1.99. The van der Waals surface area contributed by atoms with Gasteiger partial charge in [0.05, 0.1) is 10.6 Å². The monoisotopic (exact) mass is 339 g/mol. The summed E-state index contributed by atoms with van der Waals surface area (Å²) in [5.41, 5.74) is 0. The molecule has 0 aromatic carbocycles. The van der Waals surface area contributed by atoms with Crippen molar-refractivity contribution in [3.8, 4) is 10.7 Å². The first-order chi connectivity index (χ1) is 10.7. The molecular formula is C13H17N5O2S2. The van der Waals surface area contributed by atoms with E-state index < -0.39 is 6.03 Å². The fourth-order valence-corrected chi connectivity index (χ4v) is 3.29. The minimum atomic E-state index is -0.482. The van der Waals surface area contributed by atoms with Gasteiger partial charge in [0.15, 0.2) is 11.0 Å². The molecule has 0 aliphatic rings. The number of nitrogens with one attached hydrogen (secondary N) is 2. The van der Waals surface area contributed by atoms with Crippen LogP contribution in [0, 0.1) is 0 Å². The standard InChI is InChI=1S/C13H17N5O2S2/c1-3-14-12(20)15-10(19)8-22-13-17-16-11(18(13)4-2)9-6-5-7-21-9/h5-7H,3-4,8H2,1-2H3,(H2,14,15,19,20). The lowest BCUT2D eigenvalue weighted by Crippen LogP contribution is -2.40. The van der Waals surface area contributed by atoms with Crippen molar-refractivity contribution in [2.45, 2.75) is 25.5 Å². The molecule has 2 N–H and O–H groups in total. The quantitative estimate of drug-likeness (QED) is 0.786. The third-order valence-corrected chi connectivity index (χ3v) is 4.53. The van der Waals surface area contributed by atoms with E-state index in [1.165, 1.54) is 11.8 Å². The van der Waals surface area contributed by atoms with Gasteiger partial charge in [-0.05, 0) is 25.3 Å². The van der Waals surface area contributed by atoms with E-state index in [1.54, 1.807) is 18.3 Å². The SMILES string of the molecule is CCNC(=O)NC(=O)CSc1nnc(-c2cccs2)n1CC. The van der Waals surface area contributed by atoms with E-state index in [9.17, 15) is 9.59 Å². The minimum absolute atomic E-state index is 0.111. The molecule has 0 radical (unpaired) electrons. The van der Waals surface area contributed by atoms with Crippen LogP contribution in [-0.2, 0) is 11.3 Å². The molecule has 0 atom stereocenters. The summed E-state index contributed by atoms with van der Waals surface area (Å²) >= 11 is 2.85. The number of carbonyl (C=O) groups excluding carboxylic acids is 2. The third-order valence-electron chi connectivity index (χ3n) is 2.70. The molecule has 2 aromatic rings. The van der Waals surface area contributed by atoms with Crippen molar-refractivity contribution in [2.75, 3.05) is 12.3 Å². The first-order valence-electron chi connectivity index (χ1n) is 6.83. The Morgan fingerprint density at radius 1 is 1.36 bits per heavy atom. The van der Waals surface area contributed by atoms with Gasteiger partial charge in [0.25, 0.3) is 0 Å². The van der Waals surface area contributed by atoms with Gasteiger partial charge in [-0.15, -0.1) is 21.5 Å². The molecule has 0 bridgehead atoms. The second-order valence-corrected chi connectivity index (χ2v) is 6.11. The van der Waals surface area contributed by atoms with Crippen LogP contribution in [0.1, 0.15) is 13.8 Å². The highest BCUT2D eigenvalue weighted by atomic mass is 32.2. The van der Waals surface area contributed by atoms with Crippen molar-refractivity contribution in [2.24, 2.45) is 0 Å². The van der Waals surface area contributed by atoms with E-state index in [1.807, 2.05) is 29.0 Å². The van der Waals surface area contributed by atoms with Gasteiger partial charge in [-0.3, -0.25) is 10.1 Å². The summed E-state index contributed by atoms with van der Waals surface area (Å²) in [5.74, 6) is 0.545. The number of hydrogen-bond acceptors (Lipinski definition) is 6. The average Bonchev–Trinajstić information content (AvgIpc) is 3.13. The van der Waals surface area contributed by atoms with Crippen molar-refractivity contribution in [3.05, 3.63) is 17.5 Å². The number of aromatic nitrogens is 3. The largest absolute Gasteiger partial charge is 0.338 e. The number of hydrogen-bond donors (Lipinski definition) is 2. The van der Waals surface area contributed by atoms with Crippen LogP contribution in [0.25, 0.3) is 10.7 Å². The predicted octanol–water partition coefficient (Wildman–Crippen LogP) is 1.96. The normalized spacial score (nSPS) is 10.5. The Labute approximate surface area is 136 Å². The first-order valence-corrected chi connectivity index (χ1v) is 8.69. The summed E-state index contributed by atoms with van der Waals surface area (Å²) in [6.07, 6.45) is 0. The number of thioether (sulfide) groups is 1. The summed E-state index contributed by atoms with van der Waals surface area (Å²) < 4.78 is 1.95. The summed E-state index contributed by atoms with van der Waals surface area (Å²) in [6.45, 7) is 4.97. The van der Waals surface area contributed by atoms with Crippen molar-refractivity contribution in [1.82, 2.24) is 25.4 Å². The highest BCUT2D eigenvalue weighted by Gasteiger charge is 2.15. The number of amides is 3. The highest BCUT2D eigenvalue weighted by Crippen LogP contribution is 2.26. The molecule has 0 unspecified atom stereocenters. The van der Waals surface area contributed by atoms with E-state index in [2.05, 4.69) is 20.8 Å². The molecule has 2 rings (SSSR count). The Kier molecular flexibility index (Phi) is 5.96. The van der Waals surface area contributed by atoms with Crippen molar-refractivity contribution in [1.29, 1.82) is 0 Å². The topological polar surface area (TPSA) is 88.9 Å². The van der Waals surface area contributed by atoms with Gasteiger partial charge in [0, 0.05) is 13.1 Å². The fraction of sp³-hybridized carbons (Fsp3) is 0.385. The highest BCUT2D eigenvalue weighted by molar-refractivity contribution is 7.99. The van der Waals surface area contributed by atoms with Crippen LogP contribution in [0.15, 0.2) is 22.7 Å². The minimum Gasteiger partial charge on any atom is -0.338 e. The number of nitrogens with zero attached hydrogens (tertiary/aromatic N) is 3. The molecule has 22 heavy (non-hydrogen) atoms. The van der Waals surface area contributed by atoms with Crippen molar-refractivity contribution < 1.29 is 9.59 Å². The van der Waals surface area contributed by atoms with Gasteiger partial charge in [0.2, 0.25) is 5.91 Å². The number of urea groups is 1. The Morgan fingerprint density at radius 3 is 2.82 bits per heavy atom. The van der Waals surface area contributed by atoms with Crippen LogP contribution in [0.5, 0.6) is 0 Å². The van der Waals surface area contributed by atoms with Gasteiger partial charge < -0.3 is 9.88 Å². The van der Waals surface area contributed by atoms with Crippen LogP contribution in [-0.4, -0.2) is 39.0 Å². The summed E-state index contributed by atoms with van der Waals surface area (Å²) in [5, 5.41) is 15.7. The second kappa shape index (κ2) is 7.95. The first kappa shape index (κ1) is 16.5. The lowest BCUT2D eigenvalue weighted by molar-refractivity contribution is -0.117. The van der Waals surface area contributed by atoms with E-state index >= 15 is 0 Å². The van der Waals surface area contributed by atoms with Crippen molar-refractivity contribution in [3.63, 3.8) is 0 Å². The van der Waals surface area contributed by atoms with Crippen LogP contribution in [0.2, 0.25) is 0 Å². The molecule has 9 heteroatoms. The molecular weight excluding hydrogens is 322 g/mol. The van der Waals surface area contributed by atoms with Gasteiger partial charge in [-0.2, -0.15) is 0 Å². The number of rotatable bonds is 6. The van der Waals surface area contributed by atoms with Crippen LogP contribution in [0.3, 0.4) is 0 Å². The predicted molar refractivity (Wildman–Crippen MR) is 86.9 cm³/mol. The second-order valence-electron chi connectivity index (χ2n) is 4.22. The maximum Gasteiger partial charge on any atom is 0.321 e. The maximum atomic E-state index is 11.7. The Morgan fingerprint density at radius 2 is 2.18 bits per heavy atom. The van der Waals surface area contributed by atoms with Gasteiger partial charge in [0.1, 0.15) is 0 Å². The zero-order valence-corrected chi connectivity index (χ0v) is 14.0. The molecule has 2 heterocycles. The Bertz CT molecular complexity index is 639. The molecule has 0 aliphatic heterocycles. The summed E-state index contributed by atoms with van der Waals surface area (Å²) in [6, 6.07) is 3.46. The van der Waals surface area contributed by atoms with E-state index in [-0.39, 0.29) is 11.7 Å². The van der Waals surface area contributed by atoms with E-state index in [4.69, 9.17) is 0 Å².